The van der Waals surface area contributed by atoms with Gasteiger partial charge in [-0.2, -0.15) is 0 Å². The summed E-state index contributed by atoms with van der Waals surface area (Å²) in [5, 5.41) is 0. The zero-order chi connectivity index (χ0) is 13.8. The molecule has 2 nitrogen and oxygen atoms in total. The van der Waals surface area contributed by atoms with Crippen molar-refractivity contribution in [1.29, 1.82) is 0 Å². The maximum absolute atomic E-state index is 13.6. The molecule has 2 rings (SSSR count). The Bertz CT molecular complexity index is 650. The Labute approximate surface area is 109 Å². The van der Waals surface area contributed by atoms with Gasteiger partial charge in [0.15, 0.2) is 0 Å². The van der Waals surface area contributed by atoms with Crippen LogP contribution in [0.4, 0.5) is 8.78 Å². The van der Waals surface area contributed by atoms with Crippen molar-refractivity contribution in [3.63, 3.8) is 0 Å². The van der Waals surface area contributed by atoms with Crippen LogP contribution in [-0.2, 0) is 4.79 Å². The van der Waals surface area contributed by atoms with Crippen LogP contribution in [0.3, 0.4) is 0 Å². The first-order valence-corrected chi connectivity index (χ1v) is 5.59. The molecule has 0 radical (unpaired) electrons. The number of amides is 1. The van der Waals surface area contributed by atoms with Crippen LogP contribution in [0.1, 0.15) is 5.56 Å². The van der Waals surface area contributed by atoms with Crippen LogP contribution in [0.15, 0.2) is 48.5 Å². The molecule has 2 N–H and O–H groups in total. The monoisotopic (exact) mass is 259 g/mol. The predicted octanol–water partition coefficient (Wildman–Crippen LogP) is 3.13. The fourth-order valence-electron chi connectivity index (χ4n) is 1.71. The van der Waals surface area contributed by atoms with E-state index in [-0.39, 0.29) is 0 Å². The van der Waals surface area contributed by atoms with E-state index in [1.807, 2.05) is 0 Å². The van der Waals surface area contributed by atoms with Crippen LogP contribution in [0.5, 0.6) is 0 Å². The summed E-state index contributed by atoms with van der Waals surface area (Å²) in [5.74, 6) is -1.81. The van der Waals surface area contributed by atoms with Crippen molar-refractivity contribution in [2.24, 2.45) is 5.73 Å². The van der Waals surface area contributed by atoms with E-state index in [0.717, 1.165) is 6.07 Å². The zero-order valence-electron chi connectivity index (χ0n) is 9.94. The number of carbonyl (C=O) groups is 1. The van der Waals surface area contributed by atoms with Gasteiger partial charge in [0.1, 0.15) is 11.6 Å². The summed E-state index contributed by atoms with van der Waals surface area (Å²) in [6.07, 6.45) is 2.76. The maximum atomic E-state index is 13.6. The highest BCUT2D eigenvalue weighted by molar-refractivity contribution is 5.90. The van der Waals surface area contributed by atoms with Gasteiger partial charge >= 0.3 is 0 Å². The molecule has 2 aromatic carbocycles. The number of rotatable bonds is 3. The van der Waals surface area contributed by atoms with Crippen LogP contribution in [0.2, 0.25) is 0 Å². The molecule has 0 saturated carbocycles. The molecule has 0 heterocycles. The fraction of sp³-hybridized carbons (Fsp3) is 0. The van der Waals surface area contributed by atoms with Gasteiger partial charge in [0.05, 0.1) is 0 Å². The first-order valence-electron chi connectivity index (χ1n) is 5.59. The molecule has 0 fully saturated rings. The van der Waals surface area contributed by atoms with Gasteiger partial charge in [0.25, 0.3) is 0 Å². The quantitative estimate of drug-likeness (QED) is 0.845. The van der Waals surface area contributed by atoms with Crippen LogP contribution >= 0.6 is 0 Å². The topological polar surface area (TPSA) is 43.1 Å². The van der Waals surface area contributed by atoms with Crippen molar-refractivity contribution in [1.82, 2.24) is 0 Å². The van der Waals surface area contributed by atoms with E-state index in [1.165, 1.54) is 24.3 Å². The number of hydrogen-bond donors (Lipinski definition) is 1. The second kappa shape index (κ2) is 5.44. The van der Waals surface area contributed by atoms with Crippen LogP contribution in [0, 0.1) is 11.6 Å². The third-order valence-corrected chi connectivity index (χ3v) is 2.57. The highest BCUT2D eigenvalue weighted by Gasteiger charge is 2.06. The van der Waals surface area contributed by atoms with E-state index >= 15 is 0 Å². The molecule has 0 unspecified atom stereocenters. The molecule has 0 bridgehead atoms. The van der Waals surface area contributed by atoms with Crippen molar-refractivity contribution in [3.8, 4) is 11.1 Å². The minimum Gasteiger partial charge on any atom is -0.366 e. The van der Waals surface area contributed by atoms with Gasteiger partial charge < -0.3 is 5.73 Å². The molecule has 0 aliphatic rings. The van der Waals surface area contributed by atoms with Gasteiger partial charge in [-0.1, -0.05) is 18.2 Å². The molecule has 0 atom stereocenters. The minimum absolute atomic E-state index is 0.302. The minimum atomic E-state index is -0.629. The lowest BCUT2D eigenvalue weighted by atomic mass is 10.0. The van der Waals surface area contributed by atoms with E-state index in [0.29, 0.717) is 16.7 Å². The summed E-state index contributed by atoms with van der Waals surface area (Å²) in [4.78, 5) is 10.7. The summed E-state index contributed by atoms with van der Waals surface area (Å²) in [7, 11) is 0. The van der Waals surface area contributed by atoms with Gasteiger partial charge in [-0.15, -0.1) is 0 Å². The van der Waals surface area contributed by atoms with Crippen LogP contribution in [0.25, 0.3) is 17.2 Å². The van der Waals surface area contributed by atoms with Crippen molar-refractivity contribution in [2.45, 2.75) is 0 Å². The normalized spacial score (nSPS) is 10.8. The Hall–Kier alpha value is -2.49. The molecule has 1 amide bonds. The lowest BCUT2D eigenvalue weighted by Gasteiger charge is -2.04. The number of nitrogens with two attached hydrogens (primary N) is 1. The summed E-state index contributed by atoms with van der Waals surface area (Å²) in [6.45, 7) is 0. The first-order chi connectivity index (χ1) is 9.06. The Morgan fingerprint density at radius 1 is 1.11 bits per heavy atom. The van der Waals surface area contributed by atoms with Gasteiger partial charge in [0, 0.05) is 17.7 Å². The van der Waals surface area contributed by atoms with Crippen LogP contribution in [-0.4, -0.2) is 5.91 Å². The lowest BCUT2D eigenvalue weighted by molar-refractivity contribution is -0.113. The molecule has 0 saturated heterocycles. The second-order valence-electron chi connectivity index (χ2n) is 3.99. The molecule has 0 aliphatic carbocycles. The Kier molecular flexibility index (Phi) is 3.71. The predicted molar refractivity (Wildman–Crippen MR) is 70.0 cm³/mol. The third kappa shape index (κ3) is 3.25. The summed E-state index contributed by atoms with van der Waals surface area (Å²) < 4.78 is 26.5. The van der Waals surface area contributed by atoms with E-state index < -0.39 is 17.5 Å². The Morgan fingerprint density at radius 2 is 1.89 bits per heavy atom. The number of halogens is 2. The molecule has 2 aromatic rings. The zero-order valence-corrected chi connectivity index (χ0v) is 9.94. The number of benzene rings is 2. The summed E-state index contributed by atoms with van der Waals surface area (Å²) >= 11 is 0. The molecular formula is C15H11F2NO. The molecule has 96 valence electrons. The van der Waals surface area contributed by atoms with Gasteiger partial charge in [-0.05, 0) is 35.4 Å². The largest absolute Gasteiger partial charge is 0.366 e. The summed E-state index contributed by atoms with van der Waals surface area (Å²) in [6, 6.07) is 10.3. The van der Waals surface area contributed by atoms with Crippen molar-refractivity contribution >= 4 is 12.0 Å². The smallest absolute Gasteiger partial charge is 0.241 e. The van der Waals surface area contributed by atoms with Gasteiger partial charge in [-0.3, -0.25) is 4.79 Å². The Balaban J connectivity index is 2.40. The molecule has 0 aliphatic heterocycles. The molecule has 0 spiro atoms. The summed E-state index contributed by atoms with van der Waals surface area (Å²) in [5.41, 5.74) is 6.61. The highest BCUT2D eigenvalue weighted by Crippen LogP contribution is 2.24. The third-order valence-electron chi connectivity index (χ3n) is 2.57. The van der Waals surface area contributed by atoms with Crippen molar-refractivity contribution in [3.05, 3.63) is 65.7 Å². The Morgan fingerprint density at radius 3 is 2.58 bits per heavy atom. The lowest BCUT2D eigenvalue weighted by Crippen LogP contribution is -2.05. The number of hydrogen-bond acceptors (Lipinski definition) is 1. The first kappa shape index (κ1) is 13.0. The van der Waals surface area contributed by atoms with Gasteiger partial charge in [-0.25, -0.2) is 8.78 Å². The number of carbonyl (C=O) groups excluding carboxylic acids is 1. The van der Waals surface area contributed by atoms with Crippen LogP contribution < -0.4 is 5.73 Å². The molecular weight excluding hydrogens is 248 g/mol. The molecule has 0 aromatic heterocycles. The average Bonchev–Trinajstić information content (AvgIpc) is 2.36. The second-order valence-corrected chi connectivity index (χ2v) is 3.99. The van der Waals surface area contributed by atoms with Gasteiger partial charge in [0.2, 0.25) is 5.91 Å². The molecule has 19 heavy (non-hydrogen) atoms. The highest BCUT2D eigenvalue weighted by atomic mass is 19.1. The standard InChI is InChI=1S/C15H11F2NO/c16-12-5-6-13(14(17)9-12)11-3-1-2-10(8-11)4-7-15(18)19/h1-9H,(H2,18,19)/b7-4-. The fourth-order valence-corrected chi connectivity index (χ4v) is 1.71. The van der Waals surface area contributed by atoms with E-state index in [9.17, 15) is 13.6 Å². The maximum Gasteiger partial charge on any atom is 0.241 e. The number of primary amides is 1. The molecule has 4 heteroatoms. The average molecular weight is 259 g/mol. The van der Waals surface area contributed by atoms with Crippen molar-refractivity contribution in [2.75, 3.05) is 0 Å². The SMILES string of the molecule is NC(=O)/C=C\c1cccc(-c2ccc(F)cc2F)c1. The van der Waals surface area contributed by atoms with E-state index in [2.05, 4.69) is 0 Å². The van der Waals surface area contributed by atoms with E-state index in [1.54, 1.807) is 24.3 Å². The van der Waals surface area contributed by atoms with E-state index in [4.69, 9.17) is 5.73 Å². The van der Waals surface area contributed by atoms with Crippen molar-refractivity contribution < 1.29 is 13.6 Å².